The van der Waals surface area contributed by atoms with Gasteiger partial charge in [-0.3, -0.25) is 0 Å². The highest BCUT2D eigenvalue weighted by Gasteiger charge is 2.25. The van der Waals surface area contributed by atoms with Gasteiger partial charge in [-0.2, -0.15) is 18.0 Å². The van der Waals surface area contributed by atoms with Gasteiger partial charge in [0.2, 0.25) is 0 Å². The molecule has 114 valence electrons. The molecule has 1 aromatic heterocycles. The molecule has 0 atom stereocenters. The number of anilines is 1. The zero-order valence-electron chi connectivity index (χ0n) is 11.8. The molecule has 2 heterocycles. The van der Waals surface area contributed by atoms with E-state index in [0.29, 0.717) is 49.7 Å². The van der Waals surface area contributed by atoms with Crippen molar-refractivity contribution in [2.75, 3.05) is 18.4 Å². The van der Waals surface area contributed by atoms with Gasteiger partial charge in [-0.1, -0.05) is 6.92 Å². The first-order chi connectivity index (χ1) is 9.92. The van der Waals surface area contributed by atoms with Crippen LogP contribution < -0.4 is 10.5 Å². The zero-order valence-corrected chi connectivity index (χ0v) is 12.6. The van der Waals surface area contributed by atoms with Crippen molar-refractivity contribution in [2.45, 2.75) is 32.2 Å². The third-order valence-electron chi connectivity index (χ3n) is 3.37. The molecular weight excluding hydrogens is 292 g/mol. The van der Waals surface area contributed by atoms with Gasteiger partial charge in [0.15, 0.2) is 0 Å². The Morgan fingerprint density at radius 2 is 2.14 bits per heavy atom. The second-order valence-corrected chi connectivity index (χ2v) is 6.43. The lowest BCUT2D eigenvalue weighted by Crippen LogP contribution is -2.45. The first kappa shape index (κ1) is 15.6. The van der Waals surface area contributed by atoms with Crippen LogP contribution in [-0.2, 0) is 16.6 Å². The van der Waals surface area contributed by atoms with Gasteiger partial charge in [-0.05, 0) is 12.8 Å². The summed E-state index contributed by atoms with van der Waals surface area (Å²) in [5.74, 6) is 1.21. The normalized spacial score (nSPS) is 17.4. The maximum absolute atomic E-state index is 11.2. The predicted octanol–water partition coefficient (Wildman–Crippen LogP) is -0.00952. The van der Waals surface area contributed by atoms with Crippen LogP contribution in [0.4, 0.5) is 5.82 Å². The van der Waals surface area contributed by atoms with Crippen LogP contribution in [0.25, 0.3) is 0 Å². The monoisotopic (exact) mass is 310 g/mol. The van der Waals surface area contributed by atoms with Crippen molar-refractivity contribution in [3.63, 3.8) is 0 Å². The molecule has 1 aromatic rings. The Morgan fingerprint density at radius 1 is 1.48 bits per heavy atom. The lowest BCUT2D eigenvalue weighted by Gasteiger charge is -2.30. The van der Waals surface area contributed by atoms with E-state index in [1.165, 1.54) is 4.31 Å². The molecule has 1 aliphatic rings. The summed E-state index contributed by atoms with van der Waals surface area (Å²) in [5.41, 5.74) is 0.325. The molecule has 0 aromatic carbocycles. The van der Waals surface area contributed by atoms with Crippen LogP contribution in [-0.4, -0.2) is 41.8 Å². The lowest BCUT2D eigenvalue weighted by atomic mass is 10.1. The molecule has 0 saturated carbocycles. The highest BCUT2D eigenvalue weighted by molar-refractivity contribution is 7.86. The molecule has 0 unspecified atom stereocenters. The van der Waals surface area contributed by atoms with Crippen molar-refractivity contribution in [3.8, 4) is 6.07 Å². The summed E-state index contributed by atoms with van der Waals surface area (Å²) < 4.78 is 23.8. The SMILES string of the molecule is CCc1nc(C#N)cc(NC2CCN(S(N)(=O)=O)CC2)n1. The summed E-state index contributed by atoms with van der Waals surface area (Å²) in [5, 5.41) is 17.3. The zero-order chi connectivity index (χ0) is 15.5. The van der Waals surface area contributed by atoms with Gasteiger partial charge >= 0.3 is 0 Å². The molecule has 0 spiro atoms. The fourth-order valence-electron chi connectivity index (χ4n) is 2.25. The van der Waals surface area contributed by atoms with E-state index in [0.717, 1.165) is 0 Å². The first-order valence-corrected chi connectivity index (χ1v) is 8.25. The van der Waals surface area contributed by atoms with Crippen LogP contribution >= 0.6 is 0 Å². The van der Waals surface area contributed by atoms with Crippen molar-refractivity contribution in [2.24, 2.45) is 5.14 Å². The van der Waals surface area contributed by atoms with E-state index in [4.69, 9.17) is 10.4 Å². The van der Waals surface area contributed by atoms with Crippen LogP contribution in [0.5, 0.6) is 0 Å². The Morgan fingerprint density at radius 3 is 2.67 bits per heavy atom. The number of nitrogens with one attached hydrogen (secondary N) is 1. The van der Waals surface area contributed by atoms with Gasteiger partial charge in [-0.15, -0.1) is 0 Å². The smallest absolute Gasteiger partial charge is 0.276 e. The van der Waals surface area contributed by atoms with Crippen LogP contribution in [0.3, 0.4) is 0 Å². The molecule has 0 bridgehead atoms. The molecule has 1 fully saturated rings. The standard InChI is InChI=1S/C12H18N6O2S/c1-2-11-16-10(8-13)7-12(17-11)15-9-3-5-18(6-4-9)21(14,19)20/h7,9H,2-6H2,1H3,(H2,14,19,20)(H,15,16,17). The molecule has 1 aliphatic heterocycles. The molecule has 9 heteroatoms. The number of rotatable bonds is 4. The Balaban J connectivity index is 2.02. The minimum absolute atomic E-state index is 0.106. The quantitative estimate of drug-likeness (QED) is 0.805. The van der Waals surface area contributed by atoms with Gasteiger partial charge in [0, 0.05) is 31.6 Å². The number of aromatic nitrogens is 2. The van der Waals surface area contributed by atoms with Crippen LogP contribution in [0.15, 0.2) is 6.07 Å². The van der Waals surface area contributed by atoms with Crippen molar-refractivity contribution in [1.82, 2.24) is 14.3 Å². The Labute approximate surface area is 124 Å². The number of nitriles is 1. The summed E-state index contributed by atoms with van der Waals surface area (Å²) >= 11 is 0. The number of nitrogens with zero attached hydrogens (tertiary/aromatic N) is 4. The molecule has 3 N–H and O–H groups in total. The average Bonchev–Trinajstić information content (AvgIpc) is 2.46. The van der Waals surface area contributed by atoms with E-state index in [1.807, 2.05) is 13.0 Å². The van der Waals surface area contributed by atoms with Crippen LogP contribution in [0.1, 0.15) is 31.3 Å². The largest absolute Gasteiger partial charge is 0.367 e. The van der Waals surface area contributed by atoms with Gasteiger partial charge in [0.25, 0.3) is 10.2 Å². The molecule has 8 nitrogen and oxygen atoms in total. The third-order valence-corrected chi connectivity index (χ3v) is 4.45. The highest BCUT2D eigenvalue weighted by atomic mass is 32.2. The fourth-order valence-corrected chi connectivity index (χ4v) is 2.97. The number of aryl methyl sites for hydroxylation is 1. The van der Waals surface area contributed by atoms with E-state index in [9.17, 15) is 8.42 Å². The van der Waals surface area contributed by atoms with E-state index in [-0.39, 0.29) is 6.04 Å². The molecule has 0 radical (unpaired) electrons. The lowest BCUT2D eigenvalue weighted by molar-refractivity contribution is 0.330. The summed E-state index contributed by atoms with van der Waals surface area (Å²) in [6, 6.07) is 3.72. The second kappa shape index (κ2) is 6.34. The number of piperidine rings is 1. The van der Waals surface area contributed by atoms with Gasteiger partial charge in [0.1, 0.15) is 23.4 Å². The summed E-state index contributed by atoms with van der Waals surface area (Å²) in [6.07, 6.45) is 1.93. The summed E-state index contributed by atoms with van der Waals surface area (Å²) in [6.45, 7) is 2.69. The van der Waals surface area contributed by atoms with Crippen LogP contribution in [0.2, 0.25) is 0 Å². The summed E-state index contributed by atoms with van der Waals surface area (Å²) in [7, 11) is -3.61. The molecule has 0 amide bonds. The van der Waals surface area contributed by atoms with E-state index in [2.05, 4.69) is 15.3 Å². The minimum Gasteiger partial charge on any atom is -0.367 e. The number of hydrogen-bond acceptors (Lipinski definition) is 6. The third kappa shape index (κ3) is 4.10. The van der Waals surface area contributed by atoms with Gasteiger partial charge in [-0.25, -0.2) is 15.1 Å². The Hall–Kier alpha value is -1.76. The summed E-state index contributed by atoms with van der Waals surface area (Å²) in [4.78, 5) is 8.42. The van der Waals surface area contributed by atoms with Crippen molar-refractivity contribution < 1.29 is 8.42 Å². The van der Waals surface area contributed by atoms with Gasteiger partial charge in [0.05, 0.1) is 0 Å². The Kier molecular flexibility index (Phi) is 4.72. The maximum atomic E-state index is 11.2. The van der Waals surface area contributed by atoms with Crippen molar-refractivity contribution in [1.29, 1.82) is 5.26 Å². The fraction of sp³-hybridized carbons (Fsp3) is 0.583. The number of nitrogens with two attached hydrogens (primary N) is 1. The molecular formula is C12H18N6O2S. The topological polar surface area (TPSA) is 125 Å². The maximum Gasteiger partial charge on any atom is 0.276 e. The number of hydrogen-bond donors (Lipinski definition) is 2. The van der Waals surface area contributed by atoms with Crippen molar-refractivity contribution >= 4 is 16.0 Å². The van der Waals surface area contributed by atoms with Crippen molar-refractivity contribution in [3.05, 3.63) is 17.6 Å². The molecule has 1 saturated heterocycles. The molecule has 2 rings (SSSR count). The van der Waals surface area contributed by atoms with E-state index >= 15 is 0 Å². The molecule has 21 heavy (non-hydrogen) atoms. The molecule has 0 aliphatic carbocycles. The predicted molar refractivity (Wildman–Crippen MR) is 77.4 cm³/mol. The Bertz CT molecular complexity index is 646. The minimum atomic E-state index is -3.61. The van der Waals surface area contributed by atoms with Crippen LogP contribution in [0, 0.1) is 11.3 Å². The van der Waals surface area contributed by atoms with Gasteiger partial charge < -0.3 is 5.32 Å². The highest BCUT2D eigenvalue weighted by Crippen LogP contribution is 2.17. The van der Waals surface area contributed by atoms with E-state index in [1.54, 1.807) is 6.07 Å². The van der Waals surface area contributed by atoms with E-state index < -0.39 is 10.2 Å². The average molecular weight is 310 g/mol. The first-order valence-electron chi connectivity index (χ1n) is 6.75. The second-order valence-electron chi connectivity index (χ2n) is 4.88.